The molecule has 0 aromatic carbocycles. The molecule has 3 aliphatic rings. The molecule has 1 heterocycles. The lowest BCUT2D eigenvalue weighted by atomic mass is 9.58. The molecule has 0 fully saturated rings. The summed E-state index contributed by atoms with van der Waals surface area (Å²) < 4.78 is 0. The van der Waals surface area contributed by atoms with E-state index in [1.165, 1.54) is 0 Å². The number of likely N-dealkylation sites (N-methyl/N-ethyl adjacent to an activating group) is 1. The first kappa shape index (κ1) is 24.7. The summed E-state index contributed by atoms with van der Waals surface area (Å²) in [5.41, 5.74) is 2.19. The molecule has 0 saturated heterocycles. The predicted molar refractivity (Wildman–Crippen MR) is 125 cm³/mol. The van der Waals surface area contributed by atoms with Gasteiger partial charge in [-0.15, -0.1) is 0 Å². The lowest BCUT2D eigenvalue weighted by Gasteiger charge is -2.51. The molecule has 4 atom stereocenters. The van der Waals surface area contributed by atoms with E-state index in [9.17, 15) is 34.8 Å². The molecule has 0 spiro atoms. The number of allylic oxidation sites excluding steroid dienone is 1. The zero-order valence-electron chi connectivity index (χ0n) is 20.1. The summed E-state index contributed by atoms with van der Waals surface area (Å²) >= 11 is 0. The number of aliphatic hydroxyl groups is 3. The summed E-state index contributed by atoms with van der Waals surface area (Å²) in [6, 6.07) is -0.994. The number of amides is 1. The van der Waals surface area contributed by atoms with E-state index in [1.807, 2.05) is 13.8 Å². The van der Waals surface area contributed by atoms with Crippen molar-refractivity contribution in [3.63, 3.8) is 0 Å². The minimum absolute atomic E-state index is 0.0482. The number of pyridine rings is 1. The number of ketones is 2. The summed E-state index contributed by atoms with van der Waals surface area (Å²) in [4.78, 5) is 46.8. The molecule has 6 N–H and O–H groups in total. The van der Waals surface area contributed by atoms with Gasteiger partial charge in [0.1, 0.15) is 28.7 Å². The number of carbonyl (C=O) groups is 3. The Morgan fingerprint density at radius 3 is 2.37 bits per heavy atom. The van der Waals surface area contributed by atoms with Crippen molar-refractivity contribution in [1.82, 2.24) is 9.88 Å². The fourth-order valence-electron chi connectivity index (χ4n) is 5.95. The van der Waals surface area contributed by atoms with Crippen LogP contribution in [0.2, 0.25) is 0 Å². The Morgan fingerprint density at radius 1 is 1.20 bits per heavy atom. The highest BCUT2D eigenvalue weighted by Crippen LogP contribution is 2.52. The van der Waals surface area contributed by atoms with Gasteiger partial charge in [0.25, 0.3) is 5.91 Å². The Kier molecular flexibility index (Phi) is 5.89. The van der Waals surface area contributed by atoms with Gasteiger partial charge in [-0.3, -0.25) is 19.3 Å². The van der Waals surface area contributed by atoms with Crippen LogP contribution < -0.4 is 10.6 Å². The number of fused-ring (bicyclic) bond motifs is 3. The van der Waals surface area contributed by atoms with Gasteiger partial charge in [-0.25, -0.2) is 4.98 Å². The third kappa shape index (κ3) is 3.25. The van der Waals surface area contributed by atoms with Gasteiger partial charge in [0.15, 0.2) is 11.4 Å². The molecule has 3 aliphatic carbocycles. The van der Waals surface area contributed by atoms with Gasteiger partial charge in [-0.2, -0.15) is 0 Å². The fraction of sp³-hybridized carbons (Fsp3) is 0.500. The summed E-state index contributed by atoms with van der Waals surface area (Å²) in [7, 11) is 3.49. The predicted octanol–water partition coefficient (Wildman–Crippen LogP) is 0.362. The van der Waals surface area contributed by atoms with Crippen molar-refractivity contribution in [3.8, 4) is 5.75 Å². The number of aromatic hydroxyl groups is 1. The van der Waals surface area contributed by atoms with Crippen LogP contribution in [0.25, 0.3) is 0 Å². The summed E-state index contributed by atoms with van der Waals surface area (Å²) in [6.07, 6.45) is 1.39. The van der Waals surface area contributed by atoms with Crippen LogP contribution in [0, 0.1) is 11.8 Å². The van der Waals surface area contributed by atoms with E-state index in [1.54, 1.807) is 23.9 Å². The number of anilines is 1. The van der Waals surface area contributed by atoms with Crippen LogP contribution in [0.3, 0.4) is 0 Å². The van der Waals surface area contributed by atoms with E-state index in [2.05, 4.69) is 4.98 Å². The van der Waals surface area contributed by atoms with Gasteiger partial charge in [0.2, 0.25) is 5.78 Å². The number of nitrogens with zero attached hydrogens (tertiary/aromatic N) is 3. The highest BCUT2D eigenvalue weighted by Gasteiger charge is 2.63. The topological polar surface area (TPSA) is 178 Å². The number of aromatic nitrogens is 1. The van der Waals surface area contributed by atoms with E-state index >= 15 is 0 Å². The van der Waals surface area contributed by atoms with E-state index < -0.39 is 58.0 Å². The molecule has 188 valence electrons. The highest BCUT2D eigenvalue weighted by molar-refractivity contribution is 6.24. The zero-order valence-corrected chi connectivity index (χ0v) is 20.1. The Bertz CT molecular complexity index is 1200. The number of rotatable bonds is 5. The number of aliphatic hydroxyl groups excluding tert-OH is 2. The second kappa shape index (κ2) is 8.35. The van der Waals surface area contributed by atoms with E-state index in [-0.39, 0.29) is 29.7 Å². The molecular formula is C24H30N4O7. The molecule has 0 unspecified atom stereocenters. The number of primary amides is 1. The summed E-state index contributed by atoms with van der Waals surface area (Å²) in [6.45, 7) is 4.45. The van der Waals surface area contributed by atoms with Crippen LogP contribution in [-0.2, 0) is 16.0 Å². The van der Waals surface area contributed by atoms with Gasteiger partial charge >= 0.3 is 0 Å². The van der Waals surface area contributed by atoms with Crippen molar-refractivity contribution in [2.45, 2.75) is 38.3 Å². The van der Waals surface area contributed by atoms with Crippen molar-refractivity contribution in [2.24, 2.45) is 17.6 Å². The Labute approximate surface area is 202 Å². The first-order valence-corrected chi connectivity index (χ1v) is 11.5. The number of carbonyl (C=O) groups excluding carboxylic acids is 3. The molecule has 0 radical (unpaired) electrons. The third-order valence-corrected chi connectivity index (χ3v) is 7.53. The van der Waals surface area contributed by atoms with E-state index in [0.717, 1.165) is 6.20 Å². The number of hydrogen-bond acceptors (Lipinski definition) is 10. The van der Waals surface area contributed by atoms with E-state index in [0.29, 0.717) is 24.5 Å². The average molecular weight is 487 g/mol. The minimum Gasteiger partial charge on any atom is -0.510 e. The van der Waals surface area contributed by atoms with Crippen LogP contribution in [0.1, 0.15) is 36.2 Å². The maximum atomic E-state index is 13.6. The van der Waals surface area contributed by atoms with Crippen LogP contribution in [0.15, 0.2) is 28.9 Å². The number of Topliss-reactive ketones (excluding diaryl/α,β-unsaturated/α-hetero) is 2. The van der Waals surface area contributed by atoms with Gasteiger partial charge < -0.3 is 31.1 Å². The van der Waals surface area contributed by atoms with Gasteiger partial charge in [-0.1, -0.05) is 13.8 Å². The third-order valence-electron chi connectivity index (χ3n) is 7.53. The molecule has 1 aromatic rings. The SMILES string of the molecule is CCN(CC)[C@@H]1C(O)=C(C(N)=O)C(=O)[C@@]2(O)C(O)=C3C(=O)c4c(O)cnc(N(C)C)c4C[C@H]3C[C@@H]12. The first-order chi connectivity index (χ1) is 16.4. The zero-order chi connectivity index (χ0) is 26.0. The normalized spacial score (nSPS) is 28.1. The smallest absolute Gasteiger partial charge is 0.255 e. The van der Waals surface area contributed by atoms with Crippen molar-refractivity contribution < 1.29 is 34.8 Å². The number of hydrogen-bond donors (Lipinski definition) is 5. The van der Waals surface area contributed by atoms with Crippen LogP contribution in [0.5, 0.6) is 5.75 Å². The molecule has 4 rings (SSSR count). The largest absolute Gasteiger partial charge is 0.510 e. The quantitative estimate of drug-likeness (QED) is 0.365. The maximum Gasteiger partial charge on any atom is 0.255 e. The lowest BCUT2D eigenvalue weighted by Crippen LogP contribution is -2.64. The van der Waals surface area contributed by atoms with Crippen molar-refractivity contribution >= 4 is 23.3 Å². The van der Waals surface area contributed by atoms with Crippen molar-refractivity contribution in [1.29, 1.82) is 0 Å². The van der Waals surface area contributed by atoms with Crippen LogP contribution in [0.4, 0.5) is 5.82 Å². The molecule has 0 saturated carbocycles. The van der Waals surface area contributed by atoms with Crippen molar-refractivity contribution in [3.05, 3.63) is 40.0 Å². The molecule has 11 heteroatoms. The fourth-order valence-corrected chi connectivity index (χ4v) is 5.95. The second-order valence-electron chi connectivity index (χ2n) is 9.44. The molecule has 1 amide bonds. The van der Waals surface area contributed by atoms with Gasteiger partial charge in [-0.05, 0) is 31.8 Å². The van der Waals surface area contributed by atoms with Crippen LogP contribution in [-0.4, -0.2) is 86.6 Å². The molecular weight excluding hydrogens is 456 g/mol. The average Bonchev–Trinajstić information content (AvgIpc) is 2.78. The first-order valence-electron chi connectivity index (χ1n) is 11.5. The van der Waals surface area contributed by atoms with Gasteiger partial charge in [0, 0.05) is 31.1 Å². The molecule has 0 bridgehead atoms. The monoisotopic (exact) mass is 486 g/mol. The maximum absolute atomic E-state index is 13.6. The Balaban J connectivity index is 1.98. The lowest BCUT2D eigenvalue weighted by molar-refractivity contribution is -0.149. The summed E-state index contributed by atoms with van der Waals surface area (Å²) in [5.74, 6) is -6.22. The van der Waals surface area contributed by atoms with Crippen molar-refractivity contribution in [2.75, 3.05) is 32.1 Å². The summed E-state index contributed by atoms with van der Waals surface area (Å²) in [5, 5.41) is 44.5. The molecule has 35 heavy (non-hydrogen) atoms. The standard InChI is InChI=1S/C24H30N4O7/c1-5-28(6-2)17-12-8-10-7-11-15(13(29)9-26-23(11)27(3)4)18(30)14(10)20(32)24(12,35)21(33)16(19(17)31)22(25)34/h9-10,12,17,29,31-32,35H,5-8H2,1-4H3,(H2,25,34)/t10-,12-,17-,24-/m0/s1. The van der Waals surface area contributed by atoms with Crippen LogP contribution >= 0.6 is 0 Å². The number of nitrogens with two attached hydrogens (primary N) is 1. The minimum atomic E-state index is -2.64. The Morgan fingerprint density at radius 2 is 1.83 bits per heavy atom. The highest BCUT2D eigenvalue weighted by atomic mass is 16.3. The van der Waals surface area contributed by atoms with Gasteiger partial charge in [0.05, 0.1) is 17.8 Å². The van der Waals surface area contributed by atoms with E-state index in [4.69, 9.17) is 5.73 Å². The molecule has 11 nitrogen and oxygen atoms in total. The molecule has 1 aromatic heterocycles. The second-order valence-corrected chi connectivity index (χ2v) is 9.44. The Hall–Kier alpha value is -3.44. The molecule has 0 aliphatic heterocycles.